The molecule has 0 aliphatic carbocycles. The highest BCUT2D eigenvalue weighted by atomic mass is 32.2. The fourth-order valence-electron chi connectivity index (χ4n) is 3.06. The molecule has 2 heterocycles. The van der Waals surface area contributed by atoms with Crippen LogP contribution in [0.15, 0.2) is 53.4 Å². The van der Waals surface area contributed by atoms with Gasteiger partial charge in [0.25, 0.3) is 11.8 Å². The van der Waals surface area contributed by atoms with Crippen LogP contribution in [0, 0.1) is 0 Å². The molecule has 136 valence electrons. The summed E-state index contributed by atoms with van der Waals surface area (Å²) in [5.74, 6) is 0.370. The van der Waals surface area contributed by atoms with Gasteiger partial charge in [-0.05, 0) is 42.8 Å². The Morgan fingerprint density at radius 1 is 1.30 bits per heavy atom. The van der Waals surface area contributed by atoms with E-state index < -0.39 is 0 Å². The molecule has 1 unspecified atom stereocenters. The van der Waals surface area contributed by atoms with E-state index in [4.69, 9.17) is 17.0 Å². The van der Waals surface area contributed by atoms with E-state index in [1.165, 1.54) is 11.8 Å². The van der Waals surface area contributed by atoms with E-state index in [1.807, 2.05) is 43.3 Å². The second kappa shape index (κ2) is 7.17. The average Bonchev–Trinajstić information content (AvgIpc) is 2.98. The first-order valence-corrected chi connectivity index (χ1v) is 9.66. The second-order valence-electron chi connectivity index (χ2n) is 6.28. The number of thiocarbonyl (C=S) groups is 1. The zero-order valence-electron chi connectivity index (χ0n) is 14.5. The Hall–Kier alpha value is -2.64. The van der Waals surface area contributed by atoms with Crippen LogP contribution >= 0.6 is 24.0 Å². The summed E-state index contributed by atoms with van der Waals surface area (Å²) in [4.78, 5) is 27.3. The van der Waals surface area contributed by atoms with E-state index in [2.05, 4.69) is 5.32 Å². The van der Waals surface area contributed by atoms with Crippen LogP contribution in [0.4, 0.5) is 5.69 Å². The number of nitrogens with one attached hydrogen (secondary N) is 1. The largest absolute Gasteiger partial charge is 0.489 e. The minimum Gasteiger partial charge on any atom is -0.489 e. The van der Waals surface area contributed by atoms with Crippen molar-refractivity contribution in [2.75, 3.05) is 11.5 Å². The smallest absolute Gasteiger partial charge is 0.263 e. The molecule has 0 aromatic heterocycles. The van der Waals surface area contributed by atoms with Gasteiger partial charge in [-0.15, -0.1) is 0 Å². The zero-order chi connectivity index (χ0) is 19.0. The summed E-state index contributed by atoms with van der Waals surface area (Å²) in [7, 11) is 0. The predicted octanol–water partition coefficient (Wildman–Crippen LogP) is 3.60. The summed E-state index contributed by atoms with van der Waals surface area (Å²) < 4.78 is 6.24. The van der Waals surface area contributed by atoms with E-state index in [0.717, 1.165) is 5.56 Å². The molecule has 5 nitrogen and oxygen atoms in total. The molecule has 7 heteroatoms. The topological polar surface area (TPSA) is 58.6 Å². The number of carbonyl (C=O) groups excluding carboxylic acids is 2. The summed E-state index contributed by atoms with van der Waals surface area (Å²) in [5.41, 5.74) is 2.12. The second-order valence-corrected chi connectivity index (χ2v) is 8.00. The molecule has 0 radical (unpaired) electrons. The van der Waals surface area contributed by atoms with Gasteiger partial charge in [0.1, 0.15) is 16.7 Å². The minimum atomic E-state index is -0.204. The minimum absolute atomic E-state index is 0.0772. The maximum Gasteiger partial charge on any atom is 0.263 e. The number of rotatable bonds is 2. The molecule has 1 saturated heterocycles. The van der Waals surface area contributed by atoms with Crippen LogP contribution < -0.4 is 15.0 Å². The third-order valence-corrected chi connectivity index (χ3v) is 5.51. The lowest BCUT2D eigenvalue weighted by molar-refractivity contribution is -0.115. The van der Waals surface area contributed by atoms with Crippen LogP contribution in [0.1, 0.15) is 22.8 Å². The number of hydrogen-bond acceptors (Lipinski definition) is 5. The van der Waals surface area contributed by atoms with Gasteiger partial charge in [-0.3, -0.25) is 14.5 Å². The third-order valence-electron chi connectivity index (χ3n) is 4.34. The number of ether oxygens (including phenoxy) is 1. The van der Waals surface area contributed by atoms with Crippen LogP contribution in [-0.4, -0.2) is 28.8 Å². The molecule has 2 aliphatic heterocycles. The fraction of sp³-hybridized carbons (Fsp3) is 0.150. The van der Waals surface area contributed by atoms with Gasteiger partial charge in [0.15, 0.2) is 0 Å². The zero-order valence-corrected chi connectivity index (χ0v) is 16.1. The number of nitrogens with zero attached hydrogens (tertiary/aromatic N) is 1. The van der Waals surface area contributed by atoms with Gasteiger partial charge < -0.3 is 10.1 Å². The molecule has 2 aromatic rings. The number of hydrogen-bond donors (Lipinski definition) is 1. The van der Waals surface area contributed by atoms with Crippen molar-refractivity contribution >= 4 is 51.9 Å². The van der Waals surface area contributed by atoms with Crippen LogP contribution in [-0.2, 0) is 4.79 Å². The summed E-state index contributed by atoms with van der Waals surface area (Å²) in [6, 6.07) is 14.6. The molecular formula is C20H16N2O3S2. The van der Waals surface area contributed by atoms with E-state index >= 15 is 0 Å². The maximum atomic E-state index is 13.1. The lowest BCUT2D eigenvalue weighted by Crippen LogP contribution is -2.45. The van der Waals surface area contributed by atoms with Gasteiger partial charge >= 0.3 is 0 Å². The molecule has 1 fully saturated rings. The fourth-order valence-corrected chi connectivity index (χ4v) is 4.10. The van der Waals surface area contributed by atoms with Crippen LogP contribution in [0.2, 0.25) is 0 Å². The Labute approximate surface area is 166 Å². The van der Waals surface area contributed by atoms with Crippen molar-refractivity contribution in [1.82, 2.24) is 5.32 Å². The van der Waals surface area contributed by atoms with Gasteiger partial charge in [-0.2, -0.15) is 0 Å². The summed E-state index contributed by atoms with van der Waals surface area (Å²) in [6.45, 7) is 2.38. The number of benzene rings is 2. The highest BCUT2D eigenvalue weighted by Crippen LogP contribution is 2.37. The molecule has 2 aliphatic rings. The van der Waals surface area contributed by atoms with Gasteiger partial charge in [0.05, 0.1) is 16.6 Å². The van der Waals surface area contributed by atoms with Gasteiger partial charge in [-0.25, -0.2) is 0 Å². The highest BCUT2D eigenvalue weighted by molar-refractivity contribution is 8.26. The van der Waals surface area contributed by atoms with Crippen LogP contribution in [0.5, 0.6) is 5.75 Å². The van der Waals surface area contributed by atoms with E-state index in [9.17, 15) is 9.59 Å². The number of amides is 2. The van der Waals surface area contributed by atoms with E-state index in [0.29, 0.717) is 32.8 Å². The molecule has 2 amide bonds. The molecule has 27 heavy (non-hydrogen) atoms. The normalized spacial score (nSPS) is 20.3. The van der Waals surface area contributed by atoms with Crippen LogP contribution in [0.3, 0.4) is 0 Å². The first-order chi connectivity index (χ1) is 13.0. The Balaban J connectivity index is 1.73. The Morgan fingerprint density at radius 3 is 2.78 bits per heavy atom. The molecule has 2 aromatic carbocycles. The Morgan fingerprint density at radius 2 is 2.07 bits per heavy atom. The van der Waals surface area contributed by atoms with Gasteiger partial charge in [0, 0.05) is 5.56 Å². The first kappa shape index (κ1) is 17.8. The van der Waals surface area contributed by atoms with Crippen LogP contribution in [0.25, 0.3) is 6.08 Å². The van der Waals surface area contributed by atoms with Crippen molar-refractivity contribution in [3.63, 3.8) is 0 Å². The molecule has 4 rings (SSSR count). The number of carbonyl (C=O) groups is 2. The number of fused-ring (bicyclic) bond motifs is 1. The number of thioether (sulfide) groups is 1. The van der Waals surface area contributed by atoms with Crippen molar-refractivity contribution in [3.8, 4) is 5.75 Å². The Bertz CT molecular complexity index is 972. The molecular weight excluding hydrogens is 380 g/mol. The molecule has 0 bridgehead atoms. The number of anilines is 1. The SMILES string of the molecule is CC1COc2ccc(C=C3SC(=S)NC3=O)cc2N1C(=O)c1ccccc1. The Kier molecular flexibility index (Phi) is 4.72. The van der Waals surface area contributed by atoms with E-state index in [-0.39, 0.29) is 17.9 Å². The lowest BCUT2D eigenvalue weighted by atomic mass is 10.1. The maximum absolute atomic E-state index is 13.1. The molecule has 0 spiro atoms. The predicted molar refractivity (Wildman–Crippen MR) is 111 cm³/mol. The first-order valence-electron chi connectivity index (χ1n) is 8.43. The van der Waals surface area contributed by atoms with Crippen molar-refractivity contribution in [1.29, 1.82) is 0 Å². The third kappa shape index (κ3) is 3.48. The van der Waals surface area contributed by atoms with Gasteiger partial charge in [-0.1, -0.05) is 48.2 Å². The van der Waals surface area contributed by atoms with E-state index in [1.54, 1.807) is 23.1 Å². The lowest BCUT2D eigenvalue weighted by Gasteiger charge is -2.35. The van der Waals surface area contributed by atoms with Gasteiger partial charge in [0.2, 0.25) is 0 Å². The summed E-state index contributed by atoms with van der Waals surface area (Å²) >= 11 is 6.26. The summed E-state index contributed by atoms with van der Waals surface area (Å²) in [6.07, 6.45) is 1.77. The van der Waals surface area contributed by atoms with Crippen molar-refractivity contribution in [2.45, 2.75) is 13.0 Å². The average molecular weight is 396 g/mol. The molecule has 0 saturated carbocycles. The monoisotopic (exact) mass is 396 g/mol. The molecule has 1 N–H and O–H groups in total. The molecule has 1 atom stereocenters. The summed E-state index contributed by atoms with van der Waals surface area (Å²) in [5, 5.41) is 2.60. The van der Waals surface area contributed by atoms with Crippen molar-refractivity contribution < 1.29 is 14.3 Å². The van der Waals surface area contributed by atoms with Crippen molar-refractivity contribution in [3.05, 3.63) is 64.6 Å². The highest BCUT2D eigenvalue weighted by Gasteiger charge is 2.30. The van der Waals surface area contributed by atoms with Crippen molar-refractivity contribution in [2.24, 2.45) is 0 Å². The standard InChI is InChI=1S/C20H16N2O3S2/c1-12-11-25-16-8-7-13(10-17-18(23)21-20(26)27-17)9-15(16)22(12)19(24)14-5-3-2-4-6-14/h2-10,12H,11H2,1H3,(H,21,23,26). The quantitative estimate of drug-likeness (QED) is 0.621.